The van der Waals surface area contributed by atoms with Gasteiger partial charge in [0.15, 0.2) is 16.1 Å². The molecule has 0 saturated carbocycles. The Morgan fingerprint density at radius 3 is 2.86 bits per heavy atom. The van der Waals surface area contributed by atoms with Crippen LogP contribution in [0.3, 0.4) is 0 Å². The van der Waals surface area contributed by atoms with Crippen LogP contribution in [0.25, 0.3) is 11.5 Å². The quantitative estimate of drug-likeness (QED) is 0.460. The largest absolute Gasteiger partial charge is 0.462 e. The smallest absolute Gasteiger partial charge is 0.350 e. The first-order valence-electron chi connectivity index (χ1n) is 8.37. The van der Waals surface area contributed by atoms with Crippen molar-refractivity contribution in [1.82, 2.24) is 24.7 Å². The second kappa shape index (κ2) is 8.93. The van der Waals surface area contributed by atoms with E-state index in [0.29, 0.717) is 32.4 Å². The maximum absolute atomic E-state index is 12.2. The van der Waals surface area contributed by atoms with E-state index in [2.05, 4.69) is 25.5 Å². The number of amides is 1. The molecule has 1 N–H and O–H groups in total. The lowest BCUT2D eigenvalue weighted by atomic mass is 10.3. The van der Waals surface area contributed by atoms with Crippen molar-refractivity contribution in [3.05, 3.63) is 35.0 Å². The Kier molecular flexibility index (Phi) is 6.37. The summed E-state index contributed by atoms with van der Waals surface area (Å²) in [5.41, 5.74) is 1.23. The van der Waals surface area contributed by atoms with E-state index in [9.17, 15) is 9.59 Å². The van der Waals surface area contributed by atoms with Crippen molar-refractivity contribution >= 4 is 40.1 Å². The highest BCUT2D eigenvalue weighted by Gasteiger charge is 2.18. The monoisotopic (exact) mass is 418 g/mol. The predicted octanol–water partition coefficient (Wildman–Crippen LogP) is 2.55. The van der Waals surface area contributed by atoms with Crippen molar-refractivity contribution in [2.45, 2.75) is 19.0 Å². The van der Waals surface area contributed by atoms with Crippen LogP contribution in [0, 0.1) is 6.92 Å². The van der Waals surface area contributed by atoms with Crippen molar-refractivity contribution in [2.75, 3.05) is 17.7 Å². The fourth-order valence-corrected chi connectivity index (χ4v) is 3.87. The van der Waals surface area contributed by atoms with Crippen LogP contribution in [-0.2, 0) is 16.6 Å². The van der Waals surface area contributed by atoms with Gasteiger partial charge in [-0.15, -0.1) is 10.2 Å². The first kappa shape index (κ1) is 20.0. The lowest BCUT2D eigenvalue weighted by Gasteiger charge is -2.03. The molecule has 0 aliphatic heterocycles. The van der Waals surface area contributed by atoms with Gasteiger partial charge in [0.2, 0.25) is 5.91 Å². The van der Waals surface area contributed by atoms with E-state index in [4.69, 9.17) is 4.74 Å². The van der Waals surface area contributed by atoms with Crippen molar-refractivity contribution in [3.63, 3.8) is 0 Å². The Hall–Kier alpha value is -2.79. The van der Waals surface area contributed by atoms with Crippen molar-refractivity contribution in [2.24, 2.45) is 7.05 Å². The summed E-state index contributed by atoms with van der Waals surface area (Å²) in [6.45, 7) is 3.72. The molecule has 0 spiro atoms. The molecule has 0 aromatic carbocycles. The number of thiazole rings is 1. The fraction of sp³-hybridized carbons (Fsp3) is 0.294. The molecule has 0 aliphatic carbocycles. The Bertz CT molecular complexity index is 986. The molecule has 0 saturated heterocycles. The molecular weight excluding hydrogens is 400 g/mol. The number of pyridine rings is 1. The van der Waals surface area contributed by atoms with Gasteiger partial charge in [0.05, 0.1) is 18.1 Å². The number of nitrogens with one attached hydrogen (secondary N) is 1. The number of aromatic nitrogens is 5. The van der Waals surface area contributed by atoms with Gasteiger partial charge in [-0.2, -0.15) is 0 Å². The third-order valence-electron chi connectivity index (χ3n) is 3.57. The van der Waals surface area contributed by atoms with Gasteiger partial charge in [0.1, 0.15) is 10.6 Å². The summed E-state index contributed by atoms with van der Waals surface area (Å²) in [6.07, 6.45) is 1.69. The lowest BCUT2D eigenvalue weighted by Crippen LogP contribution is -2.14. The molecule has 3 aromatic heterocycles. The van der Waals surface area contributed by atoms with Crippen molar-refractivity contribution in [3.8, 4) is 11.5 Å². The van der Waals surface area contributed by atoms with E-state index >= 15 is 0 Å². The number of carbonyl (C=O) groups excluding carboxylic acids is 2. The Morgan fingerprint density at radius 1 is 1.32 bits per heavy atom. The number of hydrogen-bond acceptors (Lipinski definition) is 9. The van der Waals surface area contributed by atoms with E-state index in [-0.39, 0.29) is 18.3 Å². The number of thioether (sulfide) groups is 1. The molecule has 3 rings (SSSR count). The van der Waals surface area contributed by atoms with Crippen LogP contribution < -0.4 is 5.32 Å². The van der Waals surface area contributed by atoms with Gasteiger partial charge in [-0.05, 0) is 26.0 Å². The summed E-state index contributed by atoms with van der Waals surface area (Å²) < 4.78 is 6.76. The maximum Gasteiger partial charge on any atom is 0.350 e. The SMILES string of the molecule is CCOC(=O)c1sc(NC(=O)CSc2nnc(-c3ccccn3)n2C)nc1C. The Balaban J connectivity index is 1.60. The summed E-state index contributed by atoms with van der Waals surface area (Å²) in [6, 6.07) is 5.54. The third kappa shape index (κ3) is 4.54. The van der Waals surface area contributed by atoms with E-state index in [1.165, 1.54) is 11.8 Å². The van der Waals surface area contributed by atoms with Gasteiger partial charge >= 0.3 is 5.97 Å². The standard InChI is InChI=1S/C17H18N6O3S2/c1-4-26-15(25)13-10(2)19-16(28-13)20-12(24)9-27-17-22-21-14(23(17)3)11-7-5-6-8-18-11/h5-8H,4,9H2,1-3H3,(H,19,20,24). The van der Waals surface area contributed by atoms with Gasteiger partial charge in [0.25, 0.3) is 0 Å². The molecular formula is C17H18N6O3S2. The molecule has 1 amide bonds. The van der Waals surface area contributed by atoms with Crippen LogP contribution in [0.5, 0.6) is 0 Å². The van der Waals surface area contributed by atoms with Crippen LogP contribution in [0.4, 0.5) is 5.13 Å². The average molecular weight is 419 g/mol. The number of aryl methyl sites for hydroxylation is 1. The maximum atomic E-state index is 12.2. The van der Waals surface area contributed by atoms with Crippen molar-refractivity contribution in [1.29, 1.82) is 0 Å². The van der Waals surface area contributed by atoms with Gasteiger partial charge in [-0.3, -0.25) is 9.78 Å². The second-order valence-corrected chi connectivity index (χ2v) is 7.51. The predicted molar refractivity (Wildman–Crippen MR) is 106 cm³/mol. The number of esters is 1. The Labute approximate surface area is 169 Å². The molecule has 146 valence electrons. The van der Waals surface area contributed by atoms with E-state index in [1.807, 2.05) is 25.2 Å². The van der Waals surface area contributed by atoms with E-state index < -0.39 is 5.97 Å². The zero-order valence-corrected chi connectivity index (χ0v) is 17.1. The summed E-state index contributed by atoms with van der Waals surface area (Å²) in [7, 11) is 1.82. The summed E-state index contributed by atoms with van der Waals surface area (Å²) >= 11 is 2.34. The zero-order valence-electron chi connectivity index (χ0n) is 15.5. The highest BCUT2D eigenvalue weighted by molar-refractivity contribution is 7.99. The average Bonchev–Trinajstić information content (AvgIpc) is 3.23. The molecule has 0 aliphatic rings. The van der Waals surface area contributed by atoms with Crippen LogP contribution in [-0.4, -0.2) is 49.0 Å². The van der Waals surface area contributed by atoms with Crippen LogP contribution in [0.2, 0.25) is 0 Å². The zero-order chi connectivity index (χ0) is 20.1. The number of ether oxygens (including phenoxy) is 1. The van der Waals surface area contributed by atoms with E-state index in [1.54, 1.807) is 24.6 Å². The minimum atomic E-state index is -0.437. The first-order chi connectivity index (χ1) is 13.5. The molecule has 28 heavy (non-hydrogen) atoms. The summed E-state index contributed by atoms with van der Waals surface area (Å²) in [4.78, 5) is 32.9. The van der Waals surface area contributed by atoms with Gasteiger partial charge in [-0.1, -0.05) is 29.2 Å². The molecule has 0 fully saturated rings. The summed E-state index contributed by atoms with van der Waals surface area (Å²) in [5.74, 6) is 0.0601. The number of carbonyl (C=O) groups is 2. The Morgan fingerprint density at radius 2 is 2.14 bits per heavy atom. The summed E-state index contributed by atoms with van der Waals surface area (Å²) in [5, 5.41) is 11.9. The number of rotatable bonds is 7. The van der Waals surface area contributed by atoms with Crippen LogP contribution >= 0.6 is 23.1 Å². The van der Waals surface area contributed by atoms with Crippen molar-refractivity contribution < 1.29 is 14.3 Å². The molecule has 11 heteroatoms. The topological polar surface area (TPSA) is 112 Å². The fourth-order valence-electron chi connectivity index (χ4n) is 2.28. The second-order valence-electron chi connectivity index (χ2n) is 5.57. The molecule has 3 aromatic rings. The number of hydrogen-bond donors (Lipinski definition) is 1. The minimum Gasteiger partial charge on any atom is -0.462 e. The molecule has 0 atom stereocenters. The highest BCUT2D eigenvalue weighted by Crippen LogP contribution is 2.25. The molecule has 9 nitrogen and oxygen atoms in total. The highest BCUT2D eigenvalue weighted by atomic mass is 32.2. The van der Waals surface area contributed by atoms with Gasteiger partial charge in [0, 0.05) is 13.2 Å². The normalized spacial score (nSPS) is 10.7. The van der Waals surface area contributed by atoms with Crippen LogP contribution in [0.1, 0.15) is 22.3 Å². The lowest BCUT2D eigenvalue weighted by molar-refractivity contribution is -0.113. The van der Waals surface area contributed by atoms with E-state index in [0.717, 1.165) is 11.3 Å². The minimum absolute atomic E-state index is 0.127. The van der Waals surface area contributed by atoms with Gasteiger partial charge in [-0.25, -0.2) is 9.78 Å². The number of nitrogens with zero attached hydrogens (tertiary/aromatic N) is 5. The molecule has 0 radical (unpaired) electrons. The van der Waals surface area contributed by atoms with Crippen LogP contribution in [0.15, 0.2) is 29.6 Å². The first-order valence-corrected chi connectivity index (χ1v) is 10.2. The molecule has 0 unspecified atom stereocenters. The molecule has 3 heterocycles. The number of anilines is 1. The third-order valence-corrected chi connectivity index (χ3v) is 5.64. The van der Waals surface area contributed by atoms with Gasteiger partial charge < -0.3 is 14.6 Å². The molecule has 0 bridgehead atoms.